The van der Waals surface area contributed by atoms with Crippen LogP contribution in [0.3, 0.4) is 0 Å². The van der Waals surface area contributed by atoms with E-state index < -0.39 is 17.7 Å². The number of nitrogens with zero attached hydrogens (tertiary/aromatic N) is 1. The number of hydrogen-bond acceptors (Lipinski definition) is 2. The van der Waals surface area contributed by atoms with Crippen LogP contribution in [0.5, 0.6) is 5.75 Å². The summed E-state index contributed by atoms with van der Waals surface area (Å²) < 4.78 is 26.4. The van der Waals surface area contributed by atoms with E-state index in [1.54, 1.807) is 31.3 Å². The van der Waals surface area contributed by atoms with E-state index >= 15 is 0 Å². The number of carbonyl (C=O) groups is 1. The van der Waals surface area contributed by atoms with Gasteiger partial charge in [0.05, 0.1) is 5.69 Å². The fraction of sp³-hybridized carbons (Fsp3) is 0.235. The van der Waals surface area contributed by atoms with Crippen molar-refractivity contribution in [3.05, 3.63) is 59.7 Å². The first-order chi connectivity index (χ1) is 10.9. The van der Waals surface area contributed by atoms with Crippen molar-refractivity contribution in [2.45, 2.75) is 19.4 Å². The zero-order valence-corrected chi connectivity index (χ0v) is 12.9. The fourth-order valence-corrected chi connectivity index (χ4v) is 2.10. The minimum atomic E-state index is -0.821. The minimum absolute atomic E-state index is 0.0694. The third-order valence-electron chi connectivity index (χ3n) is 3.62. The van der Waals surface area contributed by atoms with Gasteiger partial charge in [-0.3, -0.25) is 0 Å². The summed E-state index contributed by atoms with van der Waals surface area (Å²) in [5.74, 6) is -1.34. The number of amides is 2. The normalized spacial score (nSPS) is 11.8. The van der Waals surface area contributed by atoms with Crippen LogP contribution < -0.4 is 5.32 Å². The summed E-state index contributed by atoms with van der Waals surface area (Å²) >= 11 is 0. The van der Waals surface area contributed by atoms with Crippen LogP contribution in [0, 0.1) is 11.6 Å². The molecule has 2 aromatic carbocycles. The molecule has 2 N–H and O–H groups in total. The van der Waals surface area contributed by atoms with E-state index in [4.69, 9.17) is 0 Å². The zero-order valence-electron chi connectivity index (χ0n) is 12.9. The van der Waals surface area contributed by atoms with E-state index in [0.29, 0.717) is 6.42 Å². The van der Waals surface area contributed by atoms with E-state index in [9.17, 15) is 18.7 Å². The third-order valence-corrected chi connectivity index (χ3v) is 3.62. The van der Waals surface area contributed by atoms with Gasteiger partial charge in [-0.1, -0.05) is 12.1 Å². The number of nitrogens with one attached hydrogen (secondary N) is 1. The molecule has 2 aromatic rings. The lowest BCUT2D eigenvalue weighted by Gasteiger charge is -2.25. The second-order valence-electron chi connectivity index (χ2n) is 5.38. The van der Waals surface area contributed by atoms with Crippen molar-refractivity contribution >= 4 is 11.7 Å². The predicted octanol–water partition coefficient (Wildman–Crippen LogP) is 3.77. The molecule has 0 aliphatic rings. The Morgan fingerprint density at radius 1 is 1.22 bits per heavy atom. The van der Waals surface area contributed by atoms with E-state index in [-0.39, 0.29) is 17.5 Å². The lowest BCUT2D eigenvalue weighted by molar-refractivity contribution is 0.207. The largest absolute Gasteiger partial charge is 0.508 e. The molecule has 0 spiro atoms. The summed E-state index contributed by atoms with van der Waals surface area (Å²) in [6.45, 7) is 1.85. The van der Waals surface area contributed by atoms with Gasteiger partial charge in [-0.2, -0.15) is 0 Å². The summed E-state index contributed by atoms with van der Waals surface area (Å²) in [6, 6.07) is 9.06. The lowest BCUT2D eigenvalue weighted by atomic mass is 10.1. The van der Waals surface area contributed by atoms with Crippen LogP contribution in [0.4, 0.5) is 19.3 Å². The standard InChI is InChI=1S/C17H18F2N2O2/c1-11(9-12-3-6-14(22)7-4-12)21(2)17(23)20-16-8-5-13(18)10-15(16)19/h3-8,10-11,22H,9H2,1-2H3,(H,20,23). The van der Waals surface area contributed by atoms with Gasteiger partial charge in [0.15, 0.2) is 0 Å². The predicted molar refractivity (Wildman–Crippen MR) is 84.4 cm³/mol. The van der Waals surface area contributed by atoms with Gasteiger partial charge in [0.1, 0.15) is 17.4 Å². The van der Waals surface area contributed by atoms with Crippen molar-refractivity contribution in [1.82, 2.24) is 4.90 Å². The molecule has 0 aliphatic carbocycles. The Balaban J connectivity index is 1.99. The number of phenols is 1. The highest BCUT2D eigenvalue weighted by molar-refractivity contribution is 5.89. The minimum Gasteiger partial charge on any atom is -0.508 e. The molecule has 2 amide bonds. The van der Waals surface area contributed by atoms with Crippen molar-refractivity contribution in [2.24, 2.45) is 0 Å². The van der Waals surface area contributed by atoms with Crippen molar-refractivity contribution in [3.8, 4) is 5.75 Å². The van der Waals surface area contributed by atoms with Crippen LogP contribution in [0.25, 0.3) is 0 Å². The maximum atomic E-state index is 13.6. The SMILES string of the molecule is CC(Cc1ccc(O)cc1)N(C)C(=O)Nc1ccc(F)cc1F. The van der Waals surface area contributed by atoms with E-state index in [1.165, 1.54) is 11.0 Å². The molecule has 0 fully saturated rings. The van der Waals surface area contributed by atoms with Gasteiger partial charge < -0.3 is 15.3 Å². The number of benzene rings is 2. The second-order valence-corrected chi connectivity index (χ2v) is 5.38. The molecular formula is C17H18F2N2O2. The molecule has 0 aromatic heterocycles. The Hall–Kier alpha value is -2.63. The van der Waals surface area contributed by atoms with Gasteiger partial charge >= 0.3 is 6.03 Å². The highest BCUT2D eigenvalue weighted by atomic mass is 19.1. The van der Waals surface area contributed by atoms with E-state index in [1.807, 2.05) is 6.92 Å². The van der Waals surface area contributed by atoms with Crippen molar-refractivity contribution in [3.63, 3.8) is 0 Å². The number of anilines is 1. The number of halogens is 2. The first kappa shape index (κ1) is 16.7. The maximum absolute atomic E-state index is 13.6. The van der Waals surface area contributed by atoms with Crippen molar-refractivity contribution in [2.75, 3.05) is 12.4 Å². The molecule has 0 saturated carbocycles. The zero-order chi connectivity index (χ0) is 17.0. The maximum Gasteiger partial charge on any atom is 0.321 e. The fourth-order valence-electron chi connectivity index (χ4n) is 2.10. The molecule has 0 heterocycles. The van der Waals surface area contributed by atoms with Crippen LogP contribution in [0.2, 0.25) is 0 Å². The van der Waals surface area contributed by atoms with Gasteiger partial charge in [0.2, 0.25) is 0 Å². The van der Waals surface area contributed by atoms with Gasteiger partial charge in [-0.15, -0.1) is 0 Å². The second kappa shape index (κ2) is 7.09. The summed E-state index contributed by atoms with van der Waals surface area (Å²) in [6.07, 6.45) is 0.579. The highest BCUT2D eigenvalue weighted by Crippen LogP contribution is 2.17. The molecule has 6 heteroatoms. The summed E-state index contributed by atoms with van der Waals surface area (Å²) in [4.78, 5) is 13.6. The van der Waals surface area contributed by atoms with Crippen molar-refractivity contribution in [1.29, 1.82) is 0 Å². The molecule has 2 rings (SSSR count). The Labute approximate surface area is 133 Å². The number of aromatic hydroxyl groups is 1. The Morgan fingerprint density at radius 2 is 1.87 bits per heavy atom. The molecule has 4 nitrogen and oxygen atoms in total. The molecule has 0 saturated heterocycles. The Morgan fingerprint density at radius 3 is 2.48 bits per heavy atom. The number of phenolic OH excluding ortho intramolecular Hbond substituents is 1. The average molecular weight is 320 g/mol. The molecule has 1 atom stereocenters. The van der Waals surface area contributed by atoms with Crippen LogP contribution in [0.15, 0.2) is 42.5 Å². The summed E-state index contributed by atoms with van der Waals surface area (Å²) in [5, 5.41) is 11.7. The molecule has 0 bridgehead atoms. The average Bonchev–Trinajstić information content (AvgIpc) is 2.51. The number of likely N-dealkylation sites (N-methyl/N-ethyl adjacent to an activating group) is 1. The summed E-state index contributed by atoms with van der Waals surface area (Å²) in [7, 11) is 1.60. The van der Waals surface area contributed by atoms with Crippen LogP contribution in [0.1, 0.15) is 12.5 Å². The van der Waals surface area contributed by atoms with E-state index in [0.717, 1.165) is 17.7 Å². The number of urea groups is 1. The van der Waals surface area contributed by atoms with E-state index in [2.05, 4.69) is 5.32 Å². The monoisotopic (exact) mass is 320 g/mol. The van der Waals surface area contributed by atoms with Crippen LogP contribution >= 0.6 is 0 Å². The first-order valence-electron chi connectivity index (χ1n) is 7.13. The first-order valence-corrected chi connectivity index (χ1v) is 7.13. The molecule has 122 valence electrons. The molecule has 1 unspecified atom stereocenters. The number of hydrogen-bond donors (Lipinski definition) is 2. The number of carbonyl (C=O) groups excluding carboxylic acids is 1. The quantitative estimate of drug-likeness (QED) is 0.901. The van der Waals surface area contributed by atoms with Gasteiger partial charge in [-0.25, -0.2) is 13.6 Å². The lowest BCUT2D eigenvalue weighted by Crippen LogP contribution is -2.39. The van der Waals surface area contributed by atoms with Gasteiger partial charge in [0, 0.05) is 19.2 Å². The Kier molecular flexibility index (Phi) is 5.16. The van der Waals surface area contributed by atoms with Crippen LogP contribution in [-0.4, -0.2) is 29.1 Å². The molecular weight excluding hydrogens is 302 g/mol. The van der Waals surface area contributed by atoms with Gasteiger partial charge in [-0.05, 0) is 43.2 Å². The van der Waals surface area contributed by atoms with Crippen molar-refractivity contribution < 1.29 is 18.7 Å². The topological polar surface area (TPSA) is 52.6 Å². The number of rotatable bonds is 4. The highest BCUT2D eigenvalue weighted by Gasteiger charge is 2.17. The summed E-state index contributed by atoms with van der Waals surface area (Å²) in [5.41, 5.74) is 0.892. The third kappa shape index (κ3) is 4.42. The Bertz CT molecular complexity index is 689. The van der Waals surface area contributed by atoms with Gasteiger partial charge in [0.25, 0.3) is 0 Å². The van der Waals surface area contributed by atoms with Crippen LogP contribution in [-0.2, 0) is 6.42 Å². The molecule has 0 aliphatic heterocycles. The molecule has 0 radical (unpaired) electrons. The molecule has 23 heavy (non-hydrogen) atoms. The smallest absolute Gasteiger partial charge is 0.321 e.